The van der Waals surface area contributed by atoms with Crippen LogP contribution in [0.15, 0.2) is 48.5 Å². The summed E-state index contributed by atoms with van der Waals surface area (Å²) in [4.78, 5) is 14.5. The summed E-state index contributed by atoms with van der Waals surface area (Å²) in [5.41, 5.74) is 2.65. The number of carbonyl (C=O) groups excluding carboxylic acids is 1. The van der Waals surface area contributed by atoms with Gasteiger partial charge in [0.25, 0.3) is 0 Å². The Morgan fingerprint density at radius 3 is 2.58 bits per heavy atom. The van der Waals surface area contributed by atoms with Crippen LogP contribution in [0.1, 0.15) is 18.4 Å². The van der Waals surface area contributed by atoms with Crippen LogP contribution in [0.25, 0.3) is 6.08 Å². The maximum Gasteiger partial charge on any atom is 0.248 e. The fourth-order valence-electron chi connectivity index (χ4n) is 2.79. The van der Waals surface area contributed by atoms with Crippen molar-refractivity contribution in [3.05, 3.63) is 64.1 Å². The lowest BCUT2D eigenvalue weighted by atomic mass is 10.2. The van der Waals surface area contributed by atoms with Crippen molar-refractivity contribution in [1.29, 1.82) is 0 Å². The Morgan fingerprint density at radius 2 is 1.83 bits per heavy atom. The quantitative estimate of drug-likeness (QED) is 0.755. The Kier molecular flexibility index (Phi) is 5.44. The Hall–Kier alpha value is -1.97. The minimum Gasteiger partial charge on any atom is -0.370 e. The summed E-state index contributed by atoms with van der Waals surface area (Å²) < 4.78 is 0. The molecule has 1 aliphatic heterocycles. The Bertz CT molecular complexity index is 768. The maximum absolute atomic E-state index is 12.2. The molecule has 124 valence electrons. The highest BCUT2D eigenvalue weighted by Gasteiger charge is 2.15. The fraction of sp³-hybridized carbons (Fsp3) is 0.211. The van der Waals surface area contributed by atoms with Gasteiger partial charge in [0.1, 0.15) is 0 Å². The normalized spacial score (nSPS) is 14.3. The zero-order valence-electron chi connectivity index (χ0n) is 13.1. The highest BCUT2D eigenvalue weighted by molar-refractivity contribution is 6.35. The lowest BCUT2D eigenvalue weighted by molar-refractivity contribution is -0.111. The first-order valence-electron chi connectivity index (χ1n) is 7.91. The summed E-state index contributed by atoms with van der Waals surface area (Å²) in [5, 5.41) is 4.04. The summed E-state index contributed by atoms with van der Waals surface area (Å²) in [5.74, 6) is -0.187. The average Bonchev–Trinajstić information content (AvgIpc) is 3.09. The van der Waals surface area contributed by atoms with Crippen molar-refractivity contribution in [1.82, 2.24) is 0 Å². The van der Waals surface area contributed by atoms with Crippen molar-refractivity contribution in [3.63, 3.8) is 0 Å². The number of para-hydroxylation sites is 2. The van der Waals surface area contributed by atoms with Crippen LogP contribution >= 0.6 is 23.2 Å². The molecule has 1 heterocycles. The summed E-state index contributed by atoms with van der Waals surface area (Å²) in [6.07, 6.45) is 5.55. The zero-order chi connectivity index (χ0) is 16.9. The van der Waals surface area contributed by atoms with Gasteiger partial charge in [-0.25, -0.2) is 0 Å². The topological polar surface area (TPSA) is 32.3 Å². The third-order valence-corrected chi connectivity index (χ3v) is 4.55. The van der Waals surface area contributed by atoms with Gasteiger partial charge in [-0.15, -0.1) is 0 Å². The second-order valence-electron chi connectivity index (χ2n) is 5.70. The first-order chi connectivity index (χ1) is 11.6. The molecule has 24 heavy (non-hydrogen) atoms. The van der Waals surface area contributed by atoms with Crippen molar-refractivity contribution in [2.75, 3.05) is 23.3 Å². The molecule has 1 N–H and O–H groups in total. The number of benzene rings is 2. The second kappa shape index (κ2) is 7.73. The number of carbonyl (C=O) groups is 1. The minimum absolute atomic E-state index is 0.187. The van der Waals surface area contributed by atoms with Crippen LogP contribution in [0, 0.1) is 0 Å². The van der Waals surface area contributed by atoms with Gasteiger partial charge >= 0.3 is 0 Å². The first-order valence-corrected chi connectivity index (χ1v) is 8.67. The summed E-state index contributed by atoms with van der Waals surface area (Å²) >= 11 is 12.0. The van der Waals surface area contributed by atoms with Crippen molar-refractivity contribution < 1.29 is 4.79 Å². The number of amides is 1. The predicted octanol–water partition coefficient (Wildman–Crippen LogP) is 5.25. The van der Waals surface area contributed by atoms with Gasteiger partial charge in [-0.2, -0.15) is 0 Å². The van der Waals surface area contributed by atoms with E-state index in [9.17, 15) is 4.79 Å². The van der Waals surface area contributed by atoms with Crippen molar-refractivity contribution in [2.45, 2.75) is 12.8 Å². The fourth-order valence-corrected chi connectivity index (χ4v) is 3.26. The number of nitrogens with zero attached hydrogens (tertiary/aromatic N) is 1. The van der Waals surface area contributed by atoms with E-state index in [0.717, 1.165) is 30.0 Å². The molecule has 0 saturated carbocycles. The van der Waals surface area contributed by atoms with E-state index in [4.69, 9.17) is 23.2 Å². The number of halogens is 2. The van der Waals surface area contributed by atoms with Gasteiger partial charge in [0, 0.05) is 29.2 Å². The zero-order valence-corrected chi connectivity index (χ0v) is 14.6. The molecule has 2 aromatic rings. The molecular weight excluding hydrogens is 343 g/mol. The molecule has 0 aliphatic carbocycles. The van der Waals surface area contributed by atoms with Crippen LogP contribution in [0.4, 0.5) is 11.4 Å². The van der Waals surface area contributed by atoms with Gasteiger partial charge in [-0.1, -0.05) is 41.4 Å². The van der Waals surface area contributed by atoms with Gasteiger partial charge in [0.05, 0.1) is 11.4 Å². The van der Waals surface area contributed by atoms with E-state index in [-0.39, 0.29) is 5.91 Å². The van der Waals surface area contributed by atoms with Crippen molar-refractivity contribution in [3.8, 4) is 0 Å². The third-order valence-electron chi connectivity index (χ3n) is 3.99. The van der Waals surface area contributed by atoms with Gasteiger partial charge in [0.15, 0.2) is 0 Å². The minimum atomic E-state index is -0.187. The summed E-state index contributed by atoms with van der Waals surface area (Å²) in [6, 6.07) is 13.1. The molecule has 0 radical (unpaired) electrons. The number of hydrogen-bond donors (Lipinski definition) is 1. The van der Waals surface area contributed by atoms with Crippen LogP contribution in [-0.2, 0) is 4.79 Å². The number of hydrogen-bond acceptors (Lipinski definition) is 2. The molecule has 1 aliphatic rings. The maximum atomic E-state index is 12.2. The lowest BCUT2D eigenvalue weighted by Crippen LogP contribution is -2.20. The number of nitrogens with one attached hydrogen (secondary N) is 1. The second-order valence-corrected chi connectivity index (χ2v) is 6.54. The van der Waals surface area contributed by atoms with Gasteiger partial charge in [-0.05, 0) is 48.7 Å². The largest absolute Gasteiger partial charge is 0.370 e. The van der Waals surface area contributed by atoms with E-state index in [1.807, 2.05) is 24.3 Å². The first kappa shape index (κ1) is 16.9. The van der Waals surface area contributed by atoms with Crippen LogP contribution in [0.2, 0.25) is 10.0 Å². The molecule has 0 spiro atoms. The van der Waals surface area contributed by atoms with Crippen LogP contribution in [0.5, 0.6) is 0 Å². The van der Waals surface area contributed by atoms with E-state index in [0.29, 0.717) is 10.0 Å². The molecule has 0 unspecified atom stereocenters. The molecule has 3 nitrogen and oxygen atoms in total. The van der Waals surface area contributed by atoms with Crippen molar-refractivity contribution in [2.24, 2.45) is 0 Å². The Labute approximate surface area is 151 Å². The molecule has 1 fully saturated rings. The van der Waals surface area contributed by atoms with Crippen LogP contribution in [-0.4, -0.2) is 19.0 Å². The summed E-state index contributed by atoms with van der Waals surface area (Å²) in [6.45, 7) is 2.06. The molecule has 0 atom stereocenters. The molecule has 2 aromatic carbocycles. The highest BCUT2D eigenvalue weighted by atomic mass is 35.5. The molecule has 1 amide bonds. The van der Waals surface area contributed by atoms with Crippen LogP contribution < -0.4 is 10.2 Å². The molecule has 0 aromatic heterocycles. The predicted molar refractivity (Wildman–Crippen MR) is 102 cm³/mol. The Morgan fingerprint density at radius 1 is 1.08 bits per heavy atom. The van der Waals surface area contributed by atoms with E-state index < -0.39 is 0 Å². The van der Waals surface area contributed by atoms with E-state index in [1.165, 1.54) is 18.9 Å². The van der Waals surface area contributed by atoms with Crippen LogP contribution in [0.3, 0.4) is 0 Å². The smallest absolute Gasteiger partial charge is 0.248 e. The van der Waals surface area contributed by atoms with Gasteiger partial charge < -0.3 is 10.2 Å². The van der Waals surface area contributed by atoms with E-state index >= 15 is 0 Å². The Balaban J connectivity index is 1.72. The number of rotatable bonds is 4. The summed E-state index contributed by atoms with van der Waals surface area (Å²) in [7, 11) is 0. The van der Waals surface area contributed by atoms with Gasteiger partial charge in [-0.3, -0.25) is 4.79 Å². The molecule has 1 saturated heterocycles. The monoisotopic (exact) mass is 360 g/mol. The SMILES string of the molecule is O=C(/C=C/c1ccc(Cl)cc1Cl)Nc1ccccc1N1CCCC1. The lowest BCUT2D eigenvalue weighted by Gasteiger charge is -2.21. The van der Waals surface area contributed by atoms with Gasteiger partial charge in [0.2, 0.25) is 5.91 Å². The average molecular weight is 361 g/mol. The highest BCUT2D eigenvalue weighted by Crippen LogP contribution is 2.28. The molecule has 5 heteroatoms. The molecule has 3 rings (SSSR count). The third kappa shape index (κ3) is 4.11. The van der Waals surface area contributed by atoms with Crippen molar-refractivity contribution >= 4 is 46.6 Å². The number of anilines is 2. The van der Waals surface area contributed by atoms with E-state index in [2.05, 4.69) is 10.2 Å². The molecule has 0 bridgehead atoms. The standard InChI is InChI=1S/C19H18Cl2N2O/c20-15-9-7-14(16(21)13-15)8-10-19(24)22-17-5-1-2-6-18(17)23-11-3-4-12-23/h1-2,5-10,13H,3-4,11-12H2,(H,22,24)/b10-8+. The van der Waals surface area contributed by atoms with E-state index in [1.54, 1.807) is 24.3 Å². The molecular formula is C19H18Cl2N2O.